The molecule has 3 heteroatoms. The molecule has 0 saturated carbocycles. The summed E-state index contributed by atoms with van der Waals surface area (Å²) in [5.74, 6) is -0.247. The molecule has 0 aliphatic heterocycles. The monoisotopic (exact) mass is 372 g/mol. The topological polar surface area (TPSA) is 46.5 Å². The zero-order valence-electron chi connectivity index (χ0n) is 16.4. The fourth-order valence-electron chi connectivity index (χ4n) is 3.27. The fourth-order valence-corrected chi connectivity index (χ4v) is 3.27. The second-order valence-corrected chi connectivity index (χ2v) is 6.76. The Labute approximate surface area is 165 Å². The molecule has 0 heterocycles. The number of carbonyl (C=O) groups is 1. The third-order valence-corrected chi connectivity index (χ3v) is 4.59. The van der Waals surface area contributed by atoms with Crippen molar-refractivity contribution in [3.63, 3.8) is 0 Å². The average molecular weight is 372 g/mol. The van der Waals surface area contributed by atoms with Crippen LogP contribution < -0.4 is 0 Å². The average Bonchev–Trinajstić information content (AvgIpc) is 2.66. The van der Waals surface area contributed by atoms with E-state index in [2.05, 4.69) is 56.3 Å². The summed E-state index contributed by atoms with van der Waals surface area (Å²) in [7, 11) is 0. The number of phenols is 1. The summed E-state index contributed by atoms with van der Waals surface area (Å²) in [6, 6.07) is 19.9. The maximum atomic E-state index is 11.7. The van der Waals surface area contributed by atoms with Crippen molar-refractivity contribution in [3.8, 4) is 28.0 Å². The van der Waals surface area contributed by atoms with E-state index in [9.17, 15) is 9.90 Å². The second-order valence-electron chi connectivity index (χ2n) is 6.76. The van der Waals surface area contributed by atoms with Crippen LogP contribution in [0, 0.1) is 13.8 Å². The smallest absolute Gasteiger partial charge is 0.330 e. The SMILES string of the molecule is CCOC(=O)/C=C/c1cc(O)ccc1-c1ccc(-c2cccc(C)c2)c(C)c1. The van der Waals surface area contributed by atoms with Crippen LogP contribution in [0.5, 0.6) is 5.75 Å². The van der Waals surface area contributed by atoms with E-state index >= 15 is 0 Å². The highest BCUT2D eigenvalue weighted by molar-refractivity contribution is 5.89. The van der Waals surface area contributed by atoms with Gasteiger partial charge in [0.1, 0.15) is 5.75 Å². The lowest BCUT2D eigenvalue weighted by Crippen LogP contribution is -1.98. The van der Waals surface area contributed by atoms with Crippen molar-refractivity contribution in [2.75, 3.05) is 6.61 Å². The molecule has 3 rings (SSSR count). The first-order valence-electron chi connectivity index (χ1n) is 9.34. The van der Waals surface area contributed by atoms with Gasteiger partial charge in [0.25, 0.3) is 0 Å². The van der Waals surface area contributed by atoms with Crippen molar-refractivity contribution in [1.82, 2.24) is 0 Å². The second kappa shape index (κ2) is 8.57. The van der Waals surface area contributed by atoms with E-state index in [-0.39, 0.29) is 5.75 Å². The van der Waals surface area contributed by atoms with Crippen molar-refractivity contribution >= 4 is 12.0 Å². The van der Waals surface area contributed by atoms with Crippen LogP contribution in [0.25, 0.3) is 28.3 Å². The van der Waals surface area contributed by atoms with Gasteiger partial charge in [-0.15, -0.1) is 0 Å². The number of hydrogen-bond acceptors (Lipinski definition) is 3. The molecule has 0 radical (unpaired) electrons. The van der Waals surface area contributed by atoms with Crippen LogP contribution in [0.3, 0.4) is 0 Å². The maximum Gasteiger partial charge on any atom is 0.330 e. The first-order chi connectivity index (χ1) is 13.5. The van der Waals surface area contributed by atoms with Crippen molar-refractivity contribution in [2.45, 2.75) is 20.8 Å². The fraction of sp³-hybridized carbons (Fsp3) is 0.160. The van der Waals surface area contributed by atoms with Gasteiger partial charge in [-0.3, -0.25) is 0 Å². The molecule has 0 spiro atoms. The largest absolute Gasteiger partial charge is 0.508 e. The number of benzene rings is 3. The van der Waals surface area contributed by atoms with Crippen molar-refractivity contribution in [2.24, 2.45) is 0 Å². The van der Waals surface area contributed by atoms with E-state index in [0.29, 0.717) is 6.61 Å². The molecule has 0 saturated heterocycles. The van der Waals surface area contributed by atoms with Gasteiger partial charge < -0.3 is 9.84 Å². The van der Waals surface area contributed by atoms with E-state index in [0.717, 1.165) is 22.3 Å². The van der Waals surface area contributed by atoms with Crippen LogP contribution in [0.1, 0.15) is 23.6 Å². The molecule has 3 nitrogen and oxygen atoms in total. The lowest BCUT2D eigenvalue weighted by molar-refractivity contribution is -0.137. The number of phenolic OH excluding ortho intramolecular Hbond substituents is 1. The summed E-state index contributed by atoms with van der Waals surface area (Å²) in [4.78, 5) is 11.7. The van der Waals surface area contributed by atoms with Crippen LogP contribution in [0.4, 0.5) is 0 Å². The van der Waals surface area contributed by atoms with Crippen molar-refractivity contribution < 1.29 is 14.6 Å². The van der Waals surface area contributed by atoms with E-state index < -0.39 is 5.97 Å². The summed E-state index contributed by atoms with van der Waals surface area (Å²) >= 11 is 0. The predicted octanol–water partition coefficient (Wildman–Crippen LogP) is 5.92. The number of carbonyl (C=O) groups excluding carboxylic acids is 1. The first kappa shape index (κ1) is 19.4. The van der Waals surface area contributed by atoms with Gasteiger partial charge in [-0.25, -0.2) is 4.79 Å². The molecular formula is C25H24O3. The highest BCUT2D eigenvalue weighted by Gasteiger charge is 2.09. The molecule has 0 aliphatic carbocycles. The highest BCUT2D eigenvalue weighted by atomic mass is 16.5. The van der Waals surface area contributed by atoms with Crippen molar-refractivity contribution in [1.29, 1.82) is 0 Å². The lowest BCUT2D eigenvalue weighted by Gasteiger charge is -2.12. The van der Waals surface area contributed by atoms with E-state index in [1.54, 1.807) is 25.1 Å². The Morgan fingerprint density at radius 1 is 0.964 bits per heavy atom. The third kappa shape index (κ3) is 4.49. The van der Waals surface area contributed by atoms with Crippen LogP contribution in [-0.4, -0.2) is 17.7 Å². The minimum absolute atomic E-state index is 0.153. The van der Waals surface area contributed by atoms with Crippen LogP contribution in [-0.2, 0) is 9.53 Å². The predicted molar refractivity (Wildman–Crippen MR) is 114 cm³/mol. The summed E-state index contributed by atoms with van der Waals surface area (Å²) in [5, 5.41) is 9.88. The Hall–Kier alpha value is -3.33. The van der Waals surface area contributed by atoms with Gasteiger partial charge in [0.05, 0.1) is 6.61 Å². The van der Waals surface area contributed by atoms with Crippen LogP contribution >= 0.6 is 0 Å². The standard InChI is InChI=1S/C25H24O3/c1-4-28-25(27)13-9-21-16-22(26)10-12-24(21)20-8-11-23(18(3)15-20)19-7-5-6-17(2)14-19/h5-16,26H,4H2,1-3H3/b13-9+. The number of ether oxygens (including phenoxy) is 1. The zero-order valence-corrected chi connectivity index (χ0v) is 16.4. The van der Waals surface area contributed by atoms with E-state index in [1.807, 2.05) is 6.07 Å². The van der Waals surface area contributed by atoms with Gasteiger partial charge >= 0.3 is 5.97 Å². The first-order valence-corrected chi connectivity index (χ1v) is 9.34. The number of aromatic hydroxyl groups is 1. The van der Waals surface area contributed by atoms with Gasteiger partial charge in [0, 0.05) is 6.08 Å². The van der Waals surface area contributed by atoms with E-state index in [1.165, 1.54) is 22.8 Å². The normalized spacial score (nSPS) is 11.0. The minimum Gasteiger partial charge on any atom is -0.508 e. The molecular weight excluding hydrogens is 348 g/mol. The summed E-state index contributed by atoms with van der Waals surface area (Å²) in [5.41, 5.74) is 7.50. The van der Waals surface area contributed by atoms with Gasteiger partial charge in [-0.05, 0) is 72.4 Å². The Bertz CT molecular complexity index is 1030. The molecule has 0 amide bonds. The van der Waals surface area contributed by atoms with Gasteiger partial charge in [0.15, 0.2) is 0 Å². The quantitative estimate of drug-likeness (QED) is 0.447. The lowest BCUT2D eigenvalue weighted by atomic mass is 9.93. The third-order valence-electron chi connectivity index (χ3n) is 4.59. The Morgan fingerprint density at radius 3 is 2.43 bits per heavy atom. The van der Waals surface area contributed by atoms with Crippen LogP contribution in [0.15, 0.2) is 66.7 Å². The number of hydrogen-bond donors (Lipinski definition) is 1. The molecule has 0 atom stereocenters. The molecule has 0 aromatic heterocycles. The molecule has 3 aromatic rings. The summed E-state index contributed by atoms with van der Waals surface area (Å²) < 4.78 is 4.94. The van der Waals surface area contributed by atoms with E-state index in [4.69, 9.17) is 4.74 Å². The van der Waals surface area contributed by atoms with Crippen molar-refractivity contribution in [3.05, 3.63) is 83.4 Å². The maximum absolute atomic E-state index is 11.7. The summed E-state index contributed by atoms with van der Waals surface area (Å²) in [6.07, 6.45) is 3.06. The molecule has 0 bridgehead atoms. The molecule has 0 unspecified atom stereocenters. The molecule has 3 aromatic carbocycles. The minimum atomic E-state index is -0.400. The molecule has 1 N–H and O–H groups in total. The number of rotatable bonds is 5. The number of aryl methyl sites for hydroxylation is 2. The molecule has 28 heavy (non-hydrogen) atoms. The zero-order chi connectivity index (χ0) is 20.1. The number of esters is 1. The Morgan fingerprint density at radius 2 is 1.71 bits per heavy atom. The van der Waals surface area contributed by atoms with Gasteiger partial charge in [-0.1, -0.05) is 54.1 Å². The Kier molecular flexibility index (Phi) is 5.95. The molecule has 142 valence electrons. The highest BCUT2D eigenvalue weighted by Crippen LogP contribution is 2.32. The Balaban J connectivity index is 2.00. The van der Waals surface area contributed by atoms with Gasteiger partial charge in [0.2, 0.25) is 0 Å². The van der Waals surface area contributed by atoms with Crippen LogP contribution in [0.2, 0.25) is 0 Å². The van der Waals surface area contributed by atoms with Gasteiger partial charge in [-0.2, -0.15) is 0 Å². The molecule has 0 fully saturated rings. The summed E-state index contributed by atoms with van der Waals surface area (Å²) in [6.45, 7) is 6.28. The molecule has 0 aliphatic rings.